The van der Waals surface area contributed by atoms with Gasteiger partial charge in [-0.05, 0) is 36.5 Å². The van der Waals surface area contributed by atoms with Crippen molar-refractivity contribution in [3.05, 3.63) is 47.5 Å². The number of hydrogen-bond donors (Lipinski definition) is 1. The van der Waals surface area contributed by atoms with E-state index in [2.05, 4.69) is 10.3 Å². The number of carbonyl (C=O) groups is 1. The summed E-state index contributed by atoms with van der Waals surface area (Å²) >= 11 is 1.36. The van der Waals surface area contributed by atoms with Crippen molar-refractivity contribution in [1.29, 1.82) is 0 Å². The van der Waals surface area contributed by atoms with Gasteiger partial charge in [0.1, 0.15) is 0 Å². The topological polar surface area (TPSA) is 76.1 Å². The number of sulfone groups is 1. The van der Waals surface area contributed by atoms with Crippen molar-refractivity contribution in [2.24, 2.45) is 5.92 Å². The molecular formula is C18H20N2O3S2. The van der Waals surface area contributed by atoms with Crippen molar-refractivity contribution < 1.29 is 13.2 Å². The highest BCUT2D eigenvalue weighted by Gasteiger charge is 2.19. The first kappa shape index (κ1) is 17.8. The molecule has 1 aliphatic rings. The van der Waals surface area contributed by atoms with Gasteiger partial charge in [-0.1, -0.05) is 31.1 Å². The number of nitrogens with zero attached hydrogens (tertiary/aromatic N) is 1. The molecular weight excluding hydrogens is 356 g/mol. The second-order valence-electron chi connectivity index (χ2n) is 6.21. The fourth-order valence-corrected chi connectivity index (χ4v) is 4.15. The summed E-state index contributed by atoms with van der Waals surface area (Å²) in [4.78, 5) is 17.1. The average Bonchev–Trinajstić information content (AvgIpc) is 3.25. The number of thiazole rings is 1. The van der Waals surface area contributed by atoms with Crippen LogP contribution in [0.4, 0.5) is 5.13 Å². The Hall–Kier alpha value is -1.99. The molecule has 0 unspecified atom stereocenters. The van der Waals surface area contributed by atoms with Crippen LogP contribution in [0.3, 0.4) is 0 Å². The molecule has 0 aliphatic heterocycles. The summed E-state index contributed by atoms with van der Waals surface area (Å²) in [6.45, 7) is 0. The molecule has 0 atom stereocenters. The molecule has 1 heterocycles. The fourth-order valence-electron chi connectivity index (χ4n) is 2.99. The van der Waals surface area contributed by atoms with Crippen LogP contribution in [0.1, 0.15) is 31.2 Å². The lowest BCUT2D eigenvalue weighted by atomic mass is 9.98. The Morgan fingerprint density at radius 3 is 2.48 bits per heavy atom. The molecule has 1 N–H and O–H groups in total. The number of amides is 1. The summed E-state index contributed by atoms with van der Waals surface area (Å²) in [6, 6.07) is 6.48. The number of anilines is 1. The van der Waals surface area contributed by atoms with Gasteiger partial charge in [0.15, 0.2) is 15.0 Å². The predicted octanol–water partition coefficient (Wildman–Crippen LogP) is 3.76. The summed E-state index contributed by atoms with van der Waals surface area (Å²) in [6.07, 6.45) is 9.34. The van der Waals surface area contributed by atoms with Crippen LogP contribution < -0.4 is 5.32 Å². The van der Waals surface area contributed by atoms with Crippen LogP contribution in [0.2, 0.25) is 0 Å². The van der Waals surface area contributed by atoms with E-state index in [1.807, 2.05) is 6.08 Å². The van der Waals surface area contributed by atoms with Crippen molar-refractivity contribution in [2.45, 2.75) is 30.6 Å². The minimum atomic E-state index is -3.26. The summed E-state index contributed by atoms with van der Waals surface area (Å²) in [5.41, 5.74) is 1.29. The summed E-state index contributed by atoms with van der Waals surface area (Å²) in [5.74, 6) is 0.167. The molecule has 1 fully saturated rings. The Morgan fingerprint density at radius 1 is 1.24 bits per heavy atom. The number of aromatic nitrogens is 1. The largest absolute Gasteiger partial charge is 0.298 e. The zero-order chi connectivity index (χ0) is 17.9. The van der Waals surface area contributed by atoms with Crippen molar-refractivity contribution in [2.75, 3.05) is 11.6 Å². The Labute approximate surface area is 151 Å². The summed E-state index contributed by atoms with van der Waals surface area (Å²) < 4.78 is 23.3. The molecule has 7 heteroatoms. The van der Waals surface area contributed by atoms with Gasteiger partial charge < -0.3 is 0 Å². The van der Waals surface area contributed by atoms with E-state index in [9.17, 15) is 13.2 Å². The molecule has 0 spiro atoms. The van der Waals surface area contributed by atoms with Gasteiger partial charge in [0.25, 0.3) is 5.91 Å². The molecule has 0 radical (unpaired) electrons. The Kier molecular flexibility index (Phi) is 5.34. The Balaban J connectivity index is 1.91. The molecule has 1 amide bonds. The first-order valence-electron chi connectivity index (χ1n) is 8.16. The van der Waals surface area contributed by atoms with E-state index in [0.717, 1.165) is 12.8 Å². The van der Waals surface area contributed by atoms with E-state index in [-0.39, 0.29) is 10.8 Å². The highest BCUT2D eigenvalue weighted by Crippen LogP contribution is 2.30. The third-order valence-electron chi connectivity index (χ3n) is 4.29. The first-order valence-corrected chi connectivity index (χ1v) is 10.9. The second-order valence-corrected chi connectivity index (χ2v) is 9.12. The van der Waals surface area contributed by atoms with Crippen LogP contribution in [0.5, 0.6) is 0 Å². The van der Waals surface area contributed by atoms with Gasteiger partial charge >= 0.3 is 0 Å². The minimum Gasteiger partial charge on any atom is -0.298 e. The lowest BCUT2D eigenvalue weighted by Gasteiger charge is -2.11. The van der Waals surface area contributed by atoms with Crippen molar-refractivity contribution >= 4 is 37.8 Å². The van der Waals surface area contributed by atoms with Gasteiger partial charge in [-0.15, -0.1) is 11.3 Å². The van der Waals surface area contributed by atoms with E-state index in [1.165, 1.54) is 30.4 Å². The van der Waals surface area contributed by atoms with Gasteiger partial charge in [-0.2, -0.15) is 0 Å². The van der Waals surface area contributed by atoms with Crippen LogP contribution in [-0.2, 0) is 14.6 Å². The van der Waals surface area contributed by atoms with Crippen LogP contribution in [-0.4, -0.2) is 25.6 Å². The van der Waals surface area contributed by atoms with Crippen molar-refractivity contribution in [1.82, 2.24) is 4.98 Å². The SMILES string of the molecule is CS(=O)(=O)c1ccc(C(=CC2CCCC2)C(=O)Nc2nccs2)cc1. The number of hydrogen-bond acceptors (Lipinski definition) is 5. The van der Waals surface area contributed by atoms with Crippen LogP contribution in [0.25, 0.3) is 5.57 Å². The molecule has 1 aliphatic carbocycles. The average molecular weight is 377 g/mol. The minimum absolute atomic E-state index is 0.214. The van der Waals surface area contributed by atoms with Gasteiger partial charge in [0, 0.05) is 23.4 Å². The number of carbonyl (C=O) groups excluding carboxylic acids is 1. The van der Waals surface area contributed by atoms with Gasteiger partial charge in [-0.3, -0.25) is 10.1 Å². The first-order chi connectivity index (χ1) is 11.9. The predicted molar refractivity (Wildman–Crippen MR) is 100 cm³/mol. The third-order valence-corrected chi connectivity index (χ3v) is 6.11. The van der Waals surface area contributed by atoms with E-state index in [0.29, 0.717) is 22.2 Å². The maximum atomic E-state index is 12.7. The molecule has 0 bridgehead atoms. The lowest BCUT2D eigenvalue weighted by Crippen LogP contribution is -2.14. The number of nitrogens with one attached hydrogen (secondary N) is 1. The van der Waals surface area contributed by atoms with E-state index < -0.39 is 9.84 Å². The molecule has 3 rings (SSSR count). The van der Waals surface area contributed by atoms with E-state index in [1.54, 1.807) is 35.8 Å². The van der Waals surface area contributed by atoms with E-state index >= 15 is 0 Å². The number of rotatable bonds is 5. The number of allylic oxidation sites excluding steroid dienone is 1. The number of benzene rings is 1. The monoisotopic (exact) mass is 376 g/mol. The molecule has 25 heavy (non-hydrogen) atoms. The van der Waals surface area contributed by atoms with Crippen LogP contribution >= 0.6 is 11.3 Å². The van der Waals surface area contributed by atoms with Crippen LogP contribution in [0.15, 0.2) is 46.8 Å². The maximum absolute atomic E-state index is 12.7. The highest BCUT2D eigenvalue weighted by atomic mass is 32.2. The zero-order valence-electron chi connectivity index (χ0n) is 13.9. The molecule has 2 aromatic rings. The quantitative estimate of drug-likeness (QED) is 0.806. The highest BCUT2D eigenvalue weighted by molar-refractivity contribution is 7.90. The molecule has 132 valence electrons. The smallest absolute Gasteiger partial charge is 0.257 e. The standard InChI is InChI=1S/C18H20N2O3S2/c1-25(22,23)15-8-6-14(7-9-15)16(12-13-4-2-3-5-13)17(21)20-18-19-10-11-24-18/h6-13H,2-5H2,1H3,(H,19,20,21). The zero-order valence-corrected chi connectivity index (χ0v) is 15.6. The summed E-state index contributed by atoms with van der Waals surface area (Å²) in [7, 11) is -3.26. The summed E-state index contributed by atoms with van der Waals surface area (Å²) in [5, 5.41) is 5.17. The molecule has 5 nitrogen and oxygen atoms in total. The Morgan fingerprint density at radius 2 is 1.92 bits per heavy atom. The molecule has 1 aromatic heterocycles. The maximum Gasteiger partial charge on any atom is 0.257 e. The second kappa shape index (κ2) is 7.49. The Bertz CT molecular complexity index is 864. The van der Waals surface area contributed by atoms with Crippen molar-refractivity contribution in [3.8, 4) is 0 Å². The van der Waals surface area contributed by atoms with Gasteiger partial charge in [0.05, 0.1) is 4.90 Å². The third kappa shape index (κ3) is 4.55. The van der Waals surface area contributed by atoms with Gasteiger partial charge in [-0.25, -0.2) is 13.4 Å². The van der Waals surface area contributed by atoms with Crippen molar-refractivity contribution in [3.63, 3.8) is 0 Å². The normalized spacial score (nSPS) is 16.1. The molecule has 1 saturated carbocycles. The molecule has 0 saturated heterocycles. The van der Waals surface area contributed by atoms with E-state index in [4.69, 9.17) is 0 Å². The molecule has 1 aromatic carbocycles. The van der Waals surface area contributed by atoms with Crippen LogP contribution in [0, 0.1) is 5.92 Å². The van der Waals surface area contributed by atoms with Gasteiger partial charge in [0.2, 0.25) is 0 Å². The lowest BCUT2D eigenvalue weighted by molar-refractivity contribution is -0.111. The fraction of sp³-hybridized carbons (Fsp3) is 0.333.